The third-order valence-corrected chi connectivity index (χ3v) is 3.88. The summed E-state index contributed by atoms with van der Waals surface area (Å²) in [4.78, 5) is 12.4. The van der Waals surface area contributed by atoms with Crippen LogP contribution in [0.4, 0.5) is 13.6 Å². The van der Waals surface area contributed by atoms with Crippen LogP contribution in [0.2, 0.25) is 0 Å². The van der Waals surface area contributed by atoms with Crippen LogP contribution in [0, 0.1) is 17.6 Å². The van der Waals surface area contributed by atoms with Crippen LogP contribution in [-0.4, -0.2) is 22.6 Å². The van der Waals surface area contributed by atoms with Crippen molar-refractivity contribution in [2.24, 2.45) is 5.92 Å². The summed E-state index contributed by atoms with van der Waals surface area (Å²) in [5.41, 5.74) is -0.625. The van der Waals surface area contributed by atoms with E-state index in [2.05, 4.69) is 0 Å². The Hall–Kier alpha value is -1.65. The molecule has 3 nitrogen and oxygen atoms in total. The molecule has 1 aromatic rings. The molecule has 2 aliphatic rings. The molecule has 1 saturated carbocycles. The normalized spacial score (nSPS) is 30.2. The summed E-state index contributed by atoms with van der Waals surface area (Å²) in [5, 5.41) is 9.11. The van der Waals surface area contributed by atoms with Gasteiger partial charge in [0.05, 0.1) is 5.54 Å². The number of amides is 1. The van der Waals surface area contributed by atoms with Gasteiger partial charge in [-0.15, -0.1) is 0 Å². The molecule has 0 spiro atoms. The monoisotopic (exact) mass is 239 g/mol. The average molecular weight is 239 g/mol. The first-order chi connectivity index (χ1) is 8.05. The second-order valence-corrected chi connectivity index (χ2v) is 4.67. The number of nitrogens with zero attached hydrogens (tertiary/aromatic N) is 1. The van der Waals surface area contributed by atoms with E-state index in [1.165, 1.54) is 4.90 Å². The van der Waals surface area contributed by atoms with Crippen molar-refractivity contribution in [3.63, 3.8) is 0 Å². The maximum absolute atomic E-state index is 13.7. The van der Waals surface area contributed by atoms with Crippen molar-refractivity contribution in [2.45, 2.75) is 18.4 Å². The van der Waals surface area contributed by atoms with Crippen molar-refractivity contribution in [1.29, 1.82) is 0 Å². The molecular weight excluding hydrogens is 228 g/mol. The second kappa shape index (κ2) is 3.18. The molecule has 0 unspecified atom stereocenters. The molecule has 1 amide bonds. The van der Waals surface area contributed by atoms with Crippen molar-refractivity contribution in [3.05, 3.63) is 35.4 Å². The Balaban J connectivity index is 2.09. The molecule has 1 aliphatic carbocycles. The highest BCUT2D eigenvalue weighted by Gasteiger charge is 2.65. The molecule has 2 fully saturated rings. The smallest absolute Gasteiger partial charge is 0.408 e. The zero-order valence-corrected chi connectivity index (χ0v) is 8.99. The van der Waals surface area contributed by atoms with E-state index in [0.29, 0.717) is 13.0 Å². The summed E-state index contributed by atoms with van der Waals surface area (Å²) in [6.45, 7) is 0.399. The number of carbonyl (C=O) groups is 1. The number of hydrogen-bond acceptors (Lipinski definition) is 1. The van der Waals surface area contributed by atoms with Gasteiger partial charge in [0.25, 0.3) is 0 Å². The quantitative estimate of drug-likeness (QED) is 0.818. The zero-order chi connectivity index (χ0) is 12.2. The van der Waals surface area contributed by atoms with E-state index >= 15 is 0 Å². The summed E-state index contributed by atoms with van der Waals surface area (Å²) in [5.74, 6) is -0.921. The van der Waals surface area contributed by atoms with Gasteiger partial charge in [-0.05, 0) is 37.0 Å². The van der Waals surface area contributed by atoms with E-state index in [9.17, 15) is 13.6 Å². The maximum Gasteiger partial charge on any atom is 0.408 e. The molecule has 1 saturated heterocycles. The number of piperidine rings is 1. The Bertz CT molecular complexity index is 505. The number of fused-ring (bicyclic) bond motifs is 1. The number of likely N-dealkylation sites (tertiary alicyclic amines) is 1. The van der Waals surface area contributed by atoms with Crippen molar-refractivity contribution in [2.75, 3.05) is 6.54 Å². The highest BCUT2D eigenvalue weighted by molar-refractivity contribution is 5.69. The lowest BCUT2D eigenvalue weighted by Crippen LogP contribution is -2.37. The molecular formula is C12H11F2NO2. The fourth-order valence-corrected chi connectivity index (χ4v) is 3.04. The summed E-state index contributed by atoms with van der Waals surface area (Å²) in [6, 6.07) is 3.23. The van der Waals surface area contributed by atoms with Gasteiger partial charge in [-0.3, -0.25) is 4.90 Å². The molecule has 1 aliphatic heterocycles. The average Bonchev–Trinajstić information content (AvgIpc) is 2.88. The lowest BCUT2D eigenvalue weighted by Gasteiger charge is -2.26. The third-order valence-electron chi connectivity index (χ3n) is 3.88. The Morgan fingerprint density at radius 2 is 2.24 bits per heavy atom. The molecule has 5 heteroatoms. The van der Waals surface area contributed by atoms with Gasteiger partial charge >= 0.3 is 6.09 Å². The predicted molar refractivity (Wildman–Crippen MR) is 55.5 cm³/mol. The minimum Gasteiger partial charge on any atom is -0.465 e. The molecule has 2 atom stereocenters. The van der Waals surface area contributed by atoms with Gasteiger partial charge in [-0.25, -0.2) is 13.6 Å². The van der Waals surface area contributed by atoms with Crippen LogP contribution in [0.25, 0.3) is 0 Å². The number of halogens is 2. The lowest BCUT2D eigenvalue weighted by molar-refractivity contribution is 0.126. The van der Waals surface area contributed by atoms with Gasteiger partial charge in [0, 0.05) is 12.1 Å². The Morgan fingerprint density at radius 1 is 1.47 bits per heavy atom. The summed E-state index contributed by atoms with van der Waals surface area (Å²) in [7, 11) is 0. The van der Waals surface area contributed by atoms with Gasteiger partial charge in [0.1, 0.15) is 11.6 Å². The standard InChI is InChI=1S/C12H11F2NO2/c13-8-1-2-10(14)9(5-8)12-6-7(12)3-4-15(12)11(16)17/h1-2,5,7H,3-4,6H2,(H,16,17)/t7-,12+/m0/s1. The molecule has 90 valence electrons. The summed E-state index contributed by atoms with van der Waals surface area (Å²) in [6.07, 6.45) is 0.260. The highest BCUT2D eigenvalue weighted by atomic mass is 19.1. The van der Waals surface area contributed by atoms with E-state index in [0.717, 1.165) is 24.6 Å². The first kappa shape index (κ1) is 10.5. The Labute approximate surface area is 96.7 Å². The fourth-order valence-electron chi connectivity index (χ4n) is 3.04. The maximum atomic E-state index is 13.7. The van der Waals surface area contributed by atoms with E-state index in [1.54, 1.807) is 0 Å². The summed E-state index contributed by atoms with van der Waals surface area (Å²) < 4.78 is 26.9. The van der Waals surface area contributed by atoms with Gasteiger partial charge < -0.3 is 5.11 Å². The van der Waals surface area contributed by atoms with Crippen LogP contribution in [0.15, 0.2) is 18.2 Å². The number of carboxylic acid groups (broad SMARTS) is 1. The molecule has 0 aromatic heterocycles. The van der Waals surface area contributed by atoms with Crippen molar-refractivity contribution in [3.8, 4) is 0 Å². The van der Waals surface area contributed by atoms with Gasteiger partial charge in [-0.2, -0.15) is 0 Å². The van der Waals surface area contributed by atoms with Crippen molar-refractivity contribution >= 4 is 6.09 Å². The summed E-state index contributed by atoms with van der Waals surface area (Å²) >= 11 is 0. The molecule has 1 aromatic carbocycles. The third kappa shape index (κ3) is 1.28. The van der Waals surface area contributed by atoms with Gasteiger partial charge in [0.2, 0.25) is 0 Å². The van der Waals surface area contributed by atoms with Crippen LogP contribution in [0.3, 0.4) is 0 Å². The minimum atomic E-state index is -1.06. The minimum absolute atomic E-state index is 0.134. The van der Waals surface area contributed by atoms with E-state index in [-0.39, 0.29) is 11.5 Å². The van der Waals surface area contributed by atoms with Crippen LogP contribution in [0.1, 0.15) is 18.4 Å². The first-order valence-electron chi connectivity index (χ1n) is 5.52. The fraction of sp³-hybridized carbons (Fsp3) is 0.417. The Morgan fingerprint density at radius 3 is 2.88 bits per heavy atom. The number of rotatable bonds is 1. The van der Waals surface area contributed by atoms with Crippen LogP contribution >= 0.6 is 0 Å². The van der Waals surface area contributed by atoms with Gasteiger partial charge in [0.15, 0.2) is 0 Å². The molecule has 1 N–H and O–H groups in total. The topological polar surface area (TPSA) is 40.5 Å². The van der Waals surface area contributed by atoms with Crippen LogP contribution in [0.5, 0.6) is 0 Å². The van der Waals surface area contributed by atoms with E-state index in [4.69, 9.17) is 5.11 Å². The number of hydrogen-bond donors (Lipinski definition) is 1. The van der Waals surface area contributed by atoms with Crippen LogP contribution in [-0.2, 0) is 5.54 Å². The Kier molecular flexibility index (Phi) is 1.97. The van der Waals surface area contributed by atoms with E-state index in [1.807, 2.05) is 0 Å². The zero-order valence-electron chi connectivity index (χ0n) is 8.99. The SMILES string of the molecule is O=C(O)N1CC[C@H]2C[C@]21c1cc(F)ccc1F. The lowest BCUT2D eigenvalue weighted by atomic mass is 10.0. The molecule has 17 heavy (non-hydrogen) atoms. The van der Waals surface area contributed by atoms with Crippen LogP contribution < -0.4 is 0 Å². The molecule has 3 rings (SSSR count). The van der Waals surface area contributed by atoms with Gasteiger partial charge in [-0.1, -0.05) is 0 Å². The highest BCUT2D eigenvalue weighted by Crippen LogP contribution is 2.62. The second-order valence-electron chi connectivity index (χ2n) is 4.67. The first-order valence-corrected chi connectivity index (χ1v) is 5.52. The van der Waals surface area contributed by atoms with Crippen molar-refractivity contribution in [1.82, 2.24) is 4.90 Å². The predicted octanol–water partition coefficient (Wildman–Crippen LogP) is 2.56. The van der Waals surface area contributed by atoms with E-state index < -0.39 is 23.3 Å². The molecule has 0 radical (unpaired) electrons. The molecule has 0 bridgehead atoms. The largest absolute Gasteiger partial charge is 0.465 e. The number of benzene rings is 1. The molecule has 1 heterocycles. The van der Waals surface area contributed by atoms with Crippen molar-refractivity contribution < 1.29 is 18.7 Å².